The Balaban J connectivity index is 1.83. The molecule has 1 fully saturated rings. The Morgan fingerprint density at radius 1 is 1.14 bits per heavy atom. The molecule has 2 aromatic rings. The molecule has 3 rings (SSSR count). The van der Waals surface area contributed by atoms with Crippen LogP contribution in [0.4, 0.5) is 5.69 Å². The zero-order valence-corrected chi connectivity index (χ0v) is 13.0. The Labute approximate surface area is 131 Å². The number of piperidine rings is 1. The van der Waals surface area contributed by atoms with E-state index in [2.05, 4.69) is 31.2 Å². The number of rotatable bonds is 2. The van der Waals surface area contributed by atoms with E-state index in [4.69, 9.17) is 5.73 Å². The summed E-state index contributed by atoms with van der Waals surface area (Å²) < 4.78 is 0. The number of benzene rings is 2. The van der Waals surface area contributed by atoms with Crippen molar-refractivity contribution >= 4 is 11.6 Å². The number of carbonyl (C=O) groups excluding carboxylic acids is 1. The van der Waals surface area contributed by atoms with Crippen molar-refractivity contribution in [3.05, 3.63) is 65.7 Å². The van der Waals surface area contributed by atoms with Crippen LogP contribution in [0.25, 0.3) is 0 Å². The summed E-state index contributed by atoms with van der Waals surface area (Å²) in [6.45, 7) is 3.82. The van der Waals surface area contributed by atoms with Crippen molar-refractivity contribution < 1.29 is 4.79 Å². The Kier molecular flexibility index (Phi) is 3.88. The summed E-state index contributed by atoms with van der Waals surface area (Å²) in [4.78, 5) is 14.7. The summed E-state index contributed by atoms with van der Waals surface area (Å²) >= 11 is 0. The van der Waals surface area contributed by atoms with Crippen LogP contribution in [0.3, 0.4) is 0 Å². The van der Waals surface area contributed by atoms with Crippen LogP contribution >= 0.6 is 0 Å². The molecule has 1 aliphatic rings. The molecule has 3 heteroatoms. The predicted octanol–water partition coefficient (Wildman–Crippen LogP) is 3.46. The predicted molar refractivity (Wildman–Crippen MR) is 89.8 cm³/mol. The first-order chi connectivity index (χ1) is 10.6. The summed E-state index contributed by atoms with van der Waals surface area (Å²) in [6, 6.07) is 17.7. The van der Waals surface area contributed by atoms with Crippen molar-refractivity contribution in [3.63, 3.8) is 0 Å². The van der Waals surface area contributed by atoms with E-state index >= 15 is 0 Å². The number of likely N-dealkylation sites (tertiary alicyclic amines) is 1. The standard InChI is InChI=1S/C19H22N2O/c1-19(16-8-3-2-4-9-16)11-6-12-21(14-19)18(22)15-7-5-10-17(20)13-15/h2-5,7-10,13H,6,11-12,14,20H2,1H3. The van der Waals surface area contributed by atoms with Gasteiger partial charge in [0.25, 0.3) is 5.91 Å². The average Bonchev–Trinajstić information content (AvgIpc) is 2.55. The summed E-state index contributed by atoms with van der Waals surface area (Å²) in [5.41, 5.74) is 8.44. The molecular formula is C19H22N2O. The zero-order chi connectivity index (χ0) is 15.6. The number of amides is 1. The third-order valence-electron chi connectivity index (χ3n) is 4.59. The maximum absolute atomic E-state index is 12.7. The van der Waals surface area contributed by atoms with E-state index in [1.807, 2.05) is 23.1 Å². The molecule has 0 saturated carbocycles. The smallest absolute Gasteiger partial charge is 0.253 e. The van der Waals surface area contributed by atoms with Crippen LogP contribution in [0.5, 0.6) is 0 Å². The zero-order valence-electron chi connectivity index (χ0n) is 13.0. The SMILES string of the molecule is CC1(c2ccccc2)CCCN(C(=O)c2cccc(N)c2)C1. The van der Waals surface area contributed by atoms with Gasteiger partial charge in [0.05, 0.1) is 0 Å². The number of anilines is 1. The lowest BCUT2D eigenvalue weighted by atomic mass is 9.76. The minimum absolute atomic E-state index is 0.0233. The second-order valence-electron chi connectivity index (χ2n) is 6.38. The number of nitrogens with zero attached hydrogens (tertiary/aromatic N) is 1. The van der Waals surface area contributed by atoms with Gasteiger partial charge in [-0.15, -0.1) is 0 Å². The van der Waals surface area contributed by atoms with E-state index in [1.54, 1.807) is 12.1 Å². The van der Waals surface area contributed by atoms with Crippen LogP contribution in [0.15, 0.2) is 54.6 Å². The topological polar surface area (TPSA) is 46.3 Å². The van der Waals surface area contributed by atoms with Crippen LogP contribution in [0.2, 0.25) is 0 Å². The van der Waals surface area contributed by atoms with Crippen LogP contribution < -0.4 is 5.73 Å². The second kappa shape index (κ2) is 5.84. The highest BCUT2D eigenvalue weighted by atomic mass is 16.2. The lowest BCUT2D eigenvalue weighted by Crippen LogP contribution is -2.47. The summed E-state index contributed by atoms with van der Waals surface area (Å²) in [5.74, 6) is 0.0779. The molecule has 1 unspecified atom stereocenters. The van der Waals surface area contributed by atoms with Gasteiger partial charge in [0.15, 0.2) is 0 Å². The maximum Gasteiger partial charge on any atom is 0.253 e. The molecule has 1 heterocycles. The van der Waals surface area contributed by atoms with Gasteiger partial charge >= 0.3 is 0 Å². The van der Waals surface area contributed by atoms with Gasteiger partial charge in [0.2, 0.25) is 0 Å². The van der Waals surface area contributed by atoms with Crippen molar-refractivity contribution in [2.24, 2.45) is 0 Å². The molecule has 22 heavy (non-hydrogen) atoms. The van der Waals surface area contributed by atoms with E-state index in [0.717, 1.165) is 25.9 Å². The Hall–Kier alpha value is -2.29. The van der Waals surface area contributed by atoms with Gasteiger partial charge in [-0.05, 0) is 36.6 Å². The summed E-state index contributed by atoms with van der Waals surface area (Å²) in [6.07, 6.45) is 2.14. The van der Waals surface area contributed by atoms with Gasteiger partial charge in [-0.3, -0.25) is 4.79 Å². The molecule has 0 radical (unpaired) electrons. The van der Waals surface area contributed by atoms with Crippen LogP contribution in [-0.4, -0.2) is 23.9 Å². The van der Waals surface area contributed by atoms with Gasteiger partial charge in [-0.1, -0.05) is 43.3 Å². The number of hydrogen-bond acceptors (Lipinski definition) is 2. The van der Waals surface area contributed by atoms with Crippen LogP contribution in [0.1, 0.15) is 35.7 Å². The van der Waals surface area contributed by atoms with Crippen molar-refractivity contribution in [2.75, 3.05) is 18.8 Å². The lowest BCUT2D eigenvalue weighted by Gasteiger charge is -2.41. The molecule has 0 bridgehead atoms. The van der Waals surface area contributed by atoms with Crippen molar-refractivity contribution in [2.45, 2.75) is 25.2 Å². The Bertz CT molecular complexity index is 668. The second-order valence-corrected chi connectivity index (χ2v) is 6.38. The molecular weight excluding hydrogens is 272 g/mol. The maximum atomic E-state index is 12.7. The largest absolute Gasteiger partial charge is 0.399 e. The molecule has 0 aliphatic carbocycles. The molecule has 114 valence electrons. The van der Waals surface area contributed by atoms with Crippen molar-refractivity contribution in [1.29, 1.82) is 0 Å². The quantitative estimate of drug-likeness (QED) is 0.862. The molecule has 0 aromatic heterocycles. The molecule has 0 spiro atoms. The highest BCUT2D eigenvalue weighted by Gasteiger charge is 2.34. The van der Waals surface area contributed by atoms with E-state index in [-0.39, 0.29) is 11.3 Å². The Morgan fingerprint density at radius 2 is 1.91 bits per heavy atom. The molecule has 1 aliphatic heterocycles. The summed E-state index contributed by atoms with van der Waals surface area (Å²) in [5, 5.41) is 0. The third-order valence-corrected chi connectivity index (χ3v) is 4.59. The number of carbonyl (C=O) groups is 1. The van der Waals surface area contributed by atoms with Gasteiger partial charge in [0, 0.05) is 29.8 Å². The van der Waals surface area contributed by atoms with E-state index < -0.39 is 0 Å². The van der Waals surface area contributed by atoms with Gasteiger partial charge in [-0.2, -0.15) is 0 Å². The highest BCUT2D eigenvalue weighted by molar-refractivity contribution is 5.95. The van der Waals surface area contributed by atoms with E-state index in [0.29, 0.717) is 11.3 Å². The Morgan fingerprint density at radius 3 is 2.64 bits per heavy atom. The average molecular weight is 294 g/mol. The first-order valence-corrected chi connectivity index (χ1v) is 7.79. The minimum atomic E-state index is 0.0233. The fourth-order valence-electron chi connectivity index (χ4n) is 3.34. The normalized spacial score (nSPS) is 21.6. The molecule has 2 aromatic carbocycles. The fraction of sp³-hybridized carbons (Fsp3) is 0.316. The monoisotopic (exact) mass is 294 g/mol. The van der Waals surface area contributed by atoms with E-state index in [1.165, 1.54) is 5.56 Å². The highest BCUT2D eigenvalue weighted by Crippen LogP contribution is 2.34. The van der Waals surface area contributed by atoms with E-state index in [9.17, 15) is 4.79 Å². The fourth-order valence-corrected chi connectivity index (χ4v) is 3.34. The number of nitrogens with two attached hydrogens (primary N) is 1. The molecule has 1 amide bonds. The van der Waals surface area contributed by atoms with Gasteiger partial charge in [0.1, 0.15) is 0 Å². The molecule has 1 saturated heterocycles. The van der Waals surface area contributed by atoms with Crippen molar-refractivity contribution in [3.8, 4) is 0 Å². The molecule has 2 N–H and O–H groups in total. The third kappa shape index (κ3) is 2.84. The first-order valence-electron chi connectivity index (χ1n) is 7.79. The van der Waals surface area contributed by atoms with Crippen molar-refractivity contribution in [1.82, 2.24) is 4.90 Å². The van der Waals surface area contributed by atoms with Crippen LogP contribution in [-0.2, 0) is 5.41 Å². The minimum Gasteiger partial charge on any atom is -0.399 e. The van der Waals surface area contributed by atoms with Gasteiger partial charge < -0.3 is 10.6 Å². The van der Waals surface area contributed by atoms with Gasteiger partial charge in [-0.25, -0.2) is 0 Å². The number of hydrogen-bond donors (Lipinski definition) is 1. The lowest BCUT2D eigenvalue weighted by molar-refractivity contribution is 0.0651. The number of nitrogen functional groups attached to an aromatic ring is 1. The molecule has 1 atom stereocenters. The van der Waals surface area contributed by atoms with Crippen LogP contribution in [0, 0.1) is 0 Å². The molecule has 3 nitrogen and oxygen atoms in total. The first kappa shape index (κ1) is 14.6. The summed E-state index contributed by atoms with van der Waals surface area (Å²) in [7, 11) is 0.